The first kappa shape index (κ1) is 16.4. The van der Waals surface area contributed by atoms with Crippen molar-refractivity contribution in [2.75, 3.05) is 19.8 Å². The van der Waals surface area contributed by atoms with Crippen LogP contribution in [0.4, 0.5) is 0 Å². The number of hydrogen-bond acceptors (Lipinski definition) is 4. The molecule has 0 spiro atoms. The van der Waals surface area contributed by atoms with E-state index in [1.807, 2.05) is 26.8 Å². The smallest absolute Gasteiger partial charge is 0.243 e. The number of sulfonamides is 1. The summed E-state index contributed by atoms with van der Waals surface area (Å²) in [5.41, 5.74) is 8.29. The zero-order valence-corrected chi connectivity index (χ0v) is 13.7. The largest absolute Gasteiger partial charge is 0.378 e. The van der Waals surface area contributed by atoms with Crippen LogP contribution < -0.4 is 5.73 Å². The summed E-state index contributed by atoms with van der Waals surface area (Å²) in [6.45, 7) is 7.41. The predicted octanol–water partition coefficient (Wildman–Crippen LogP) is 1.56. The number of morpholine rings is 1. The summed E-state index contributed by atoms with van der Waals surface area (Å²) in [5.74, 6) is 0. The summed E-state index contributed by atoms with van der Waals surface area (Å²) < 4.78 is 33.0. The Balaban J connectivity index is 2.50. The van der Waals surface area contributed by atoms with E-state index in [1.165, 1.54) is 0 Å². The molecule has 0 radical (unpaired) electrons. The van der Waals surface area contributed by atoms with Gasteiger partial charge in [-0.1, -0.05) is 13.0 Å². The molecule has 2 N–H and O–H groups in total. The predicted molar refractivity (Wildman–Crippen MR) is 82.6 cm³/mol. The van der Waals surface area contributed by atoms with Gasteiger partial charge < -0.3 is 10.5 Å². The third-order valence-corrected chi connectivity index (χ3v) is 6.22. The molecule has 1 atom stereocenters. The van der Waals surface area contributed by atoms with Gasteiger partial charge in [-0.05, 0) is 43.0 Å². The standard InChI is InChI=1S/C15H24N2O3S/c1-4-14-10-20-6-5-17(14)21(18,19)15-8-13(9-16)7-11(2)12(15)3/h7-8,14H,4-6,9-10,16H2,1-3H3. The molecule has 2 rings (SSSR count). The molecule has 0 bridgehead atoms. The summed E-state index contributed by atoms with van der Waals surface area (Å²) in [4.78, 5) is 0.378. The number of ether oxygens (including phenoxy) is 1. The maximum absolute atomic E-state index is 13.0. The molecule has 1 aliphatic heterocycles. The first-order chi connectivity index (χ1) is 9.91. The van der Waals surface area contributed by atoms with Gasteiger partial charge in [0.2, 0.25) is 10.0 Å². The summed E-state index contributed by atoms with van der Waals surface area (Å²) >= 11 is 0. The SMILES string of the molecule is CCC1COCCN1S(=O)(=O)c1cc(CN)cc(C)c1C. The van der Waals surface area contributed by atoms with E-state index in [2.05, 4.69) is 0 Å². The van der Waals surface area contributed by atoms with Crippen LogP contribution in [0.3, 0.4) is 0 Å². The van der Waals surface area contributed by atoms with Crippen LogP contribution in [-0.4, -0.2) is 38.5 Å². The second-order valence-electron chi connectivity index (χ2n) is 5.49. The molecule has 1 aromatic carbocycles. The summed E-state index contributed by atoms with van der Waals surface area (Å²) in [6.07, 6.45) is 0.744. The monoisotopic (exact) mass is 312 g/mol. The molecule has 0 aliphatic carbocycles. The van der Waals surface area contributed by atoms with Gasteiger partial charge in [0.25, 0.3) is 0 Å². The van der Waals surface area contributed by atoms with Crippen LogP contribution in [0.25, 0.3) is 0 Å². The van der Waals surface area contributed by atoms with E-state index in [4.69, 9.17) is 10.5 Å². The topological polar surface area (TPSA) is 72.6 Å². The Morgan fingerprint density at radius 2 is 2.10 bits per heavy atom. The van der Waals surface area contributed by atoms with Crippen molar-refractivity contribution in [2.24, 2.45) is 5.73 Å². The van der Waals surface area contributed by atoms with Gasteiger partial charge >= 0.3 is 0 Å². The molecule has 1 aromatic rings. The average Bonchev–Trinajstić information content (AvgIpc) is 2.49. The Hall–Kier alpha value is -0.950. The highest BCUT2D eigenvalue weighted by atomic mass is 32.2. The van der Waals surface area contributed by atoms with E-state index in [9.17, 15) is 8.42 Å². The van der Waals surface area contributed by atoms with Crippen molar-refractivity contribution in [1.29, 1.82) is 0 Å². The van der Waals surface area contributed by atoms with E-state index in [0.717, 1.165) is 23.1 Å². The maximum Gasteiger partial charge on any atom is 0.243 e. The second-order valence-corrected chi connectivity index (χ2v) is 7.35. The van der Waals surface area contributed by atoms with Gasteiger partial charge in [0.15, 0.2) is 0 Å². The van der Waals surface area contributed by atoms with E-state index in [0.29, 0.717) is 31.2 Å². The highest BCUT2D eigenvalue weighted by Gasteiger charge is 2.34. The first-order valence-electron chi connectivity index (χ1n) is 7.31. The van der Waals surface area contributed by atoms with Crippen LogP contribution >= 0.6 is 0 Å². The number of nitrogens with zero attached hydrogens (tertiary/aromatic N) is 1. The van der Waals surface area contributed by atoms with Gasteiger partial charge in [-0.2, -0.15) is 4.31 Å². The lowest BCUT2D eigenvalue weighted by Crippen LogP contribution is -2.48. The van der Waals surface area contributed by atoms with Gasteiger partial charge in [0.05, 0.1) is 18.1 Å². The highest BCUT2D eigenvalue weighted by molar-refractivity contribution is 7.89. The first-order valence-corrected chi connectivity index (χ1v) is 8.75. The molecular formula is C15H24N2O3S. The average molecular weight is 312 g/mol. The van der Waals surface area contributed by atoms with Crippen molar-refractivity contribution in [3.63, 3.8) is 0 Å². The Labute approximate surface area is 127 Å². The van der Waals surface area contributed by atoms with Crippen molar-refractivity contribution in [2.45, 2.75) is 44.7 Å². The Morgan fingerprint density at radius 1 is 1.38 bits per heavy atom. The van der Waals surface area contributed by atoms with E-state index >= 15 is 0 Å². The van der Waals surface area contributed by atoms with Crippen molar-refractivity contribution in [3.8, 4) is 0 Å². The van der Waals surface area contributed by atoms with Gasteiger partial charge in [0, 0.05) is 19.1 Å². The van der Waals surface area contributed by atoms with Crippen LogP contribution in [0.15, 0.2) is 17.0 Å². The number of rotatable bonds is 4. The fraction of sp³-hybridized carbons (Fsp3) is 0.600. The number of aryl methyl sites for hydroxylation is 1. The quantitative estimate of drug-likeness (QED) is 0.916. The van der Waals surface area contributed by atoms with E-state index < -0.39 is 10.0 Å². The van der Waals surface area contributed by atoms with Crippen LogP contribution in [0.1, 0.15) is 30.0 Å². The zero-order valence-electron chi connectivity index (χ0n) is 12.9. The van der Waals surface area contributed by atoms with Crippen molar-refractivity contribution >= 4 is 10.0 Å². The molecule has 6 heteroatoms. The van der Waals surface area contributed by atoms with Crippen molar-refractivity contribution in [1.82, 2.24) is 4.31 Å². The molecule has 5 nitrogen and oxygen atoms in total. The van der Waals surface area contributed by atoms with E-state index in [1.54, 1.807) is 10.4 Å². The molecule has 118 valence electrons. The molecule has 0 saturated carbocycles. The fourth-order valence-electron chi connectivity index (χ4n) is 2.69. The zero-order chi connectivity index (χ0) is 15.6. The molecule has 21 heavy (non-hydrogen) atoms. The second kappa shape index (κ2) is 6.44. The van der Waals surface area contributed by atoms with Crippen LogP contribution in [-0.2, 0) is 21.3 Å². The van der Waals surface area contributed by atoms with Crippen LogP contribution in [0, 0.1) is 13.8 Å². The molecule has 1 unspecified atom stereocenters. The number of nitrogens with two attached hydrogens (primary N) is 1. The molecule has 0 amide bonds. The lowest BCUT2D eigenvalue weighted by Gasteiger charge is -2.34. The van der Waals surface area contributed by atoms with Gasteiger partial charge in [-0.15, -0.1) is 0 Å². The molecular weight excluding hydrogens is 288 g/mol. The van der Waals surface area contributed by atoms with Crippen LogP contribution in [0.5, 0.6) is 0 Å². The van der Waals surface area contributed by atoms with E-state index in [-0.39, 0.29) is 6.04 Å². The van der Waals surface area contributed by atoms with Crippen LogP contribution in [0.2, 0.25) is 0 Å². The fourth-order valence-corrected chi connectivity index (χ4v) is 4.71. The Kier molecular flexibility index (Phi) is 5.03. The minimum Gasteiger partial charge on any atom is -0.378 e. The minimum absolute atomic E-state index is 0.0926. The van der Waals surface area contributed by atoms with Crippen molar-refractivity contribution in [3.05, 3.63) is 28.8 Å². The van der Waals surface area contributed by atoms with Crippen molar-refractivity contribution < 1.29 is 13.2 Å². The third-order valence-electron chi connectivity index (χ3n) is 4.15. The molecule has 1 fully saturated rings. The summed E-state index contributed by atoms with van der Waals surface area (Å²) in [7, 11) is -3.51. The van der Waals surface area contributed by atoms with Gasteiger partial charge in [-0.25, -0.2) is 8.42 Å². The molecule has 0 aromatic heterocycles. The summed E-state index contributed by atoms with van der Waals surface area (Å²) in [5, 5.41) is 0. The lowest BCUT2D eigenvalue weighted by molar-refractivity contribution is 0.0314. The third kappa shape index (κ3) is 3.13. The molecule has 1 aliphatic rings. The highest BCUT2D eigenvalue weighted by Crippen LogP contribution is 2.27. The number of hydrogen-bond donors (Lipinski definition) is 1. The lowest BCUT2D eigenvalue weighted by atomic mass is 10.1. The van der Waals surface area contributed by atoms with Gasteiger partial charge in [-0.3, -0.25) is 0 Å². The number of benzene rings is 1. The van der Waals surface area contributed by atoms with Gasteiger partial charge in [0.1, 0.15) is 0 Å². The summed E-state index contributed by atoms with van der Waals surface area (Å²) in [6, 6.07) is 3.56. The Bertz CT molecular complexity index is 614. The Morgan fingerprint density at radius 3 is 2.71 bits per heavy atom. The molecule has 1 heterocycles. The minimum atomic E-state index is -3.51. The normalized spacial score (nSPS) is 20.7. The molecule has 1 saturated heterocycles. The maximum atomic E-state index is 13.0.